The molecule has 0 aromatic rings. The lowest BCUT2D eigenvalue weighted by molar-refractivity contribution is -0.167. The van der Waals surface area contributed by atoms with E-state index in [0.29, 0.717) is 19.3 Å². The van der Waals surface area contributed by atoms with E-state index in [2.05, 4.69) is 167 Å². The maximum Gasteiger partial charge on any atom is 0.306 e. The molecule has 0 aliphatic carbocycles. The Labute approximate surface area is 487 Å². The summed E-state index contributed by atoms with van der Waals surface area (Å²) in [6.07, 6.45) is 94.3. The van der Waals surface area contributed by atoms with Gasteiger partial charge in [0, 0.05) is 19.3 Å². The van der Waals surface area contributed by atoms with Crippen LogP contribution in [-0.2, 0) is 28.6 Å². The van der Waals surface area contributed by atoms with Crippen LogP contribution < -0.4 is 0 Å². The molecule has 0 N–H and O–H groups in total. The summed E-state index contributed by atoms with van der Waals surface area (Å²) in [7, 11) is 0. The van der Waals surface area contributed by atoms with Crippen molar-refractivity contribution in [3.8, 4) is 0 Å². The number of hydrogen-bond donors (Lipinski definition) is 0. The number of hydrogen-bond acceptors (Lipinski definition) is 6. The third-order valence-corrected chi connectivity index (χ3v) is 13.3. The van der Waals surface area contributed by atoms with Crippen LogP contribution in [0.1, 0.15) is 278 Å². The van der Waals surface area contributed by atoms with Gasteiger partial charge in [-0.15, -0.1) is 0 Å². The van der Waals surface area contributed by atoms with Gasteiger partial charge < -0.3 is 14.2 Å². The van der Waals surface area contributed by atoms with Gasteiger partial charge in [0.1, 0.15) is 13.2 Å². The highest BCUT2D eigenvalue weighted by molar-refractivity contribution is 5.71. The average Bonchev–Trinajstić information content (AvgIpc) is 3.45. The van der Waals surface area contributed by atoms with Crippen molar-refractivity contribution in [2.75, 3.05) is 13.2 Å². The van der Waals surface area contributed by atoms with Crippen molar-refractivity contribution in [2.45, 2.75) is 284 Å². The van der Waals surface area contributed by atoms with Crippen LogP contribution in [-0.4, -0.2) is 37.2 Å². The molecule has 1 atom stereocenters. The largest absolute Gasteiger partial charge is 0.462 e. The van der Waals surface area contributed by atoms with E-state index in [1.807, 2.05) is 0 Å². The van der Waals surface area contributed by atoms with Gasteiger partial charge in [-0.1, -0.05) is 269 Å². The predicted octanol–water partition coefficient (Wildman–Crippen LogP) is 22.3. The lowest BCUT2D eigenvalue weighted by atomic mass is 10.0. The number of allylic oxidation sites excluding steroid dienone is 24. The molecule has 1 unspecified atom stereocenters. The van der Waals surface area contributed by atoms with Crippen LogP contribution in [0.2, 0.25) is 0 Å². The Hall–Kier alpha value is -4.71. The SMILES string of the molecule is CC/C=C\C/C=C\C/C=C\C/C=C\C/C=C\CCCCCC(=O)OC(COC(=O)CCC/C=C\C/C=C\C/C=C\C/C=C\C/C=C\CC)COC(=O)CCCCCCCCCCCCCCC/C=C\C/C=C\CCCCCCC. The highest BCUT2D eigenvalue weighted by atomic mass is 16.6. The summed E-state index contributed by atoms with van der Waals surface area (Å²) in [5.74, 6) is -1.01. The average molecular weight is 1090 g/mol. The highest BCUT2D eigenvalue weighted by Gasteiger charge is 2.19. The van der Waals surface area contributed by atoms with E-state index in [0.717, 1.165) is 116 Å². The van der Waals surface area contributed by atoms with Crippen molar-refractivity contribution >= 4 is 17.9 Å². The molecule has 0 fully saturated rings. The Morgan fingerprint density at radius 2 is 0.506 bits per heavy atom. The number of unbranched alkanes of at least 4 members (excludes halogenated alkanes) is 22. The summed E-state index contributed by atoms with van der Waals surface area (Å²) in [6, 6.07) is 0. The van der Waals surface area contributed by atoms with E-state index in [9.17, 15) is 14.4 Å². The number of rotatable bonds is 57. The Balaban J connectivity index is 4.48. The molecule has 0 radical (unpaired) electrons. The molecule has 0 aromatic carbocycles. The number of esters is 3. The third-order valence-electron chi connectivity index (χ3n) is 13.3. The summed E-state index contributed by atoms with van der Waals surface area (Å²) in [4.78, 5) is 38.3. The van der Waals surface area contributed by atoms with Crippen molar-refractivity contribution in [3.63, 3.8) is 0 Å². The molecule has 6 heteroatoms. The molecule has 446 valence electrons. The molecule has 0 aromatic heterocycles. The third kappa shape index (κ3) is 64.0. The van der Waals surface area contributed by atoms with E-state index in [4.69, 9.17) is 14.2 Å². The van der Waals surface area contributed by atoms with Gasteiger partial charge in [-0.05, 0) is 135 Å². The second-order valence-electron chi connectivity index (χ2n) is 20.9. The van der Waals surface area contributed by atoms with Crippen LogP contribution in [0.3, 0.4) is 0 Å². The zero-order valence-electron chi connectivity index (χ0n) is 51.1. The summed E-state index contributed by atoms with van der Waals surface area (Å²) in [5, 5.41) is 0. The molecule has 0 bridgehead atoms. The van der Waals surface area contributed by atoms with Gasteiger partial charge in [-0.25, -0.2) is 0 Å². The van der Waals surface area contributed by atoms with Gasteiger partial charge in [-0.2, -0.15) is 0 Å². The standard InChI is InChI=1S/C73H118O6/c1-4-7-10-13-16-19-22-25-28-31-33-34-35-36-37-38-40-42-45-48-51-54-57-60-63-66-72(75)78-69-70(68-77-71(74)65-62-59-56-53-50-47-44-41-30-27-24-21-18-15-12-9-6-3)79-73(76)67-64-61-58-55-52-49-46-43-39-32-29-26-23-20-17-14-11-8-5-2/h8-9,11-12,17-18,20-22,25-27,29-31,33,39,43-44,47,49,52-53,56,70H,4-7,10,13-16,19,23-24,28,32,34-38,40-42,45-46,48,50-51,54-55,57-69H2,1-3H3/b11-8-,12-9-,20-17-,21-18-,25-22-,29-26-,30-27-,33-31-,43-39-,47-44-,52-49-,56-53-. The Bertz CT molecular complexity index is 1730. The van der Waals surface area contributed by atoms with Gasteiger partial charge in [0.25, 0.3) is 0 Å². The first-order valence-corrected chi connectivity index (χ1v) is 32.3. The Morgan fingerprint density at radius 1 is 0.266 bits per heavy atom. The van der Waals surface area contributed by atoms with Crippen molar-refractivity contribution in [2.24, 2.45) is 0 Å². The second-order valence-corrected chi connectivity index (χ2v) is 20.9. The first-order chi connectivity index (χ1) is 39.0. The lowest BCUT2D eigenvalue weighted by Gasteiger charge is -2.18. The molecule has 0 saturated heterocycles. The van der Waals surface area contributed by atoms with Gasteiger partial charge in [0.05, 0.1) is 0 Å². The summed E-state index contributed by atoms with van der Waals surface area (Å²) in [5.41, 5.74) is 0. The van der Waals surface area contributed by atoms with E-state index in [-0.39, 0.29) is 44.0 Å². The summed E-state index contributed by atoms with van der Waals surface area (Å²) < 4.78 is 16.9. The lowest BCUT2D eigenvalue weighted by Crippen LogP contribution is -2.30. The zero-order valence-corrected chi connectivity index (χ0v) is 51.1. The smallest absolute Gasteiger partial charge is 0.306 e. The van der Waals surface area contributed by atoms with Crippen LogP contribution in [0.4, 0.5) is 0 Å². The predicted molar refractivity (Wildman–Crippen MR) is 343 cm³/mol. The molecule has 79 heavy (non-hydrogen) atoms. The number of carbonyl (C=O) groups excluding carboxylic acids is 3. The minimum atomic E-state index is -0.827. The summed E-state index contributed by atoms with van der Waals surface area (Å²) >= 11 is 0. The topological polar surface area (TPSA) is 78.9 Å². The fraction of sp³-hybridized carbons (Fsp3) is 0.630. The van der Waals surface area contributed by atoms with Crippen LogP contribution in [0.5, 0.6) is 0 Å². The fourth-order valence-electron chi connectivity index (χ4n) is 8.54. The van der Waals surface area contributed by atoms with Crippen LogP contribution in [0, 0.1) is 0 Å². The van der Waals surface area contributed by atoms with Crippen LogP contribution in [0.15, 0.2) is 146 Å². The van der Waals surface area contributed by atoms with Crippen molar-refractivity contribution in [1.82, 2.24) is 0 Å². The van der Waals surface area contributed by atoms with Crippen LogP contribution in [0.25, 0.3) is 0 Å². The zero-order chi connectivity index (χ0) is 57.1. The second kappa shape index (κ2) is 65.8. The van der Waals surface area contributed by atoms with E-state index in [1.54, 1.807) is 0 Å². The van der Waals surface area contributed by atoms with Crippen molar-refractivity contribution in [1.29, 1.82) is 0 Å². The maximum absolute atomic E-state index is 12.9. The van der Waals surface area contributed by atoms with Gasteiger partial charge >= 0.3 is 17.9 Å². The molecule has 0 amide bonds. The Kier molecular flexibility index (Phi) is 61.9. The van der Waals surface area contributed by atoms with E-state index in [1.165, 1.54) is 109 Å². The first-order valence-electron chi connectivity index (χ1n) is 32.3. The van der Waals surface area contributed by atoms with Gasteiger partial charge in [-0.3, -0.25) is 14.4 Å². The maximum atomic E-state index is 12.9. The number of carbonyl (C=O) groups is 3. The molecule has 0 spiro atoms. The summed E-state index contributed by atoms with van der Waals surface area (Å²) in [6.45, 7) is 6.33. The molecule has 0 heterocycles. The van der Waals surface area contributed by atoms with E-state index < -0.39 is 6.10 Å². The van der Waals surface area contributed by atoms with Crippen molar-refractivity contribution in [3.05, 3.63) is 146 Å². The molecular weight excluding hydrogens is 973 g/mol. The highest BCUT2D eigenvalue weighted by Crippen LogP contribution is 2.15. The molecule has 0 aliphatic heterocycles. The molecule has 0 rings (SSSR count). The van der Waals surface area contributed by atoms with Crippen LogP contribution >= 0.6 is 0 Å². The van der Waals surface area contributed by atoms with Gasteiger partial charge in [0.2, 0.25) is 0 Å². The fourth-order valence-corrected chi connectivity index (χ4v) is 8.54. The first kappa shape index (κ1) is 74.3. The quantitative estimate of drug-likeness (QED) is 0.0261. The molecule has 0 saturated carbocycles. The van der Waals surface area contributed by atoms with Gasteiger partial charge in [0.15, 0.2) is 6.10 Å². The minimum absolute atomic E-state index is 0.114. The van der Waals surface area contributed by atoms with E-state index >= 15 is 0 Å². The van der Waals surface area contributed by atoms with Crippen molar-refractivity contribution < 1.29 is 28.6 Å². The minimum Gasteiger partial charge on any atom is -0.462 e. The number of ether oxygens (including phenoxy) is 3. The normalized spacial score (nSPS) is 13.1. The molecular formula is C73H118O6. The Morgan fingerprint density at radius 3 is 0.835 bits per heavy atom. The monoisotopic (exact) mass is 1090 g/mol. The molecule has 6 nitrogen and oxygen atoms in total. The molecule has 0 aliphatic rings.